The van der Waals surface area contributed by atoms with Crippen LogP contribution in [-0.4, -0.2) is 16.6 Å². The molecule has 2 aromatic carbocycles. The Morgan fingerprint density at radius 2 is 2.04 bits per heavy atom. The first kappa shape index (κ1) is 16.5. The van der Waals surface area contributed by atoms with E-state index in [1.165, 1.54) is 11.8 Å². The molecule has 0 aliphatic carbocycles. The average Bonchev–Trinajstić information content (AvgIpc) is 2.92. The van der Waals surface area contributed by atoms with Gasteiger partial charge in [-0.3, -0.25) is 4.79 Å². The van der Waals surface area contributed by atoms with Gasteiger partial charge in [-0.2, -0.15) is 0 Å². The number of carbonyl (C=O) groups excluding carboxylic acids is 1. The second kappa shape index (κ2) is 7.01. The number of nitrogens with one attached hydrogen (secondary N) is 1. The fourth-order valence-corrected chi connectivity index (χ4v) is 3.01. The number of amides is 1. The molecule has 1 N–H and O–H groups in total. The minimum absolute atomic E-state index is 0.128. The molecule has 8 heteroatoms. The Morgan fingerprint density at radius 1 is 1.22 bits per heavy atom. The number of hydrogen-bond donors (Lipinski definition) is 1. The van der Waals surface area contributed by atoms with Crippen molar-refractivity contribution in [1.29, 1.82) is 0 Å². The maximum Gasteiger partial charge on any atom is 0.257 e. The number of hydrogen-bond acceptors (Lipinski definition) is 4. The van der Waals surface area contributed by atoms with E-state index in [0.29, 0.717) is 37.1 Å². The number of nitrogens with zero attached hydrogens (tertiary/aromatic N) is 1. The Morgan fingerprint density at radius 3 is 2.87 bits per heavy atom. The Balaban J connectivity index is 1.65. The molecule has 0 saturated heterocycles. The van der Waals surface area contributed by atoms with Gasteiger partial charge in [0.05, 0.1) is 21.5 Å². The van der Waals surface area contributed by atoms with Crippen molar-refractivity contribution in [3.05, 3.63) is 51.5 Å². The highest BCUT2D eigenvalue weighted by Gasteiger charge is 2.12. The Labute approximate surface area is 151 Å². The van der Waals surface area contributed by atoms with Gasteiger partial charge in [0, 0.05) is 5.02 Å². The summed E-state index contributed by atoms with van der Waals surface area (Å²) in [5, 5.41) is 4.37. The van der Waals surface area contributed by atoms with Gasteiger partial charge >= 0.3 is 0 Å². The lowest BCUT2D eigenvalue weighted by Crippen LogP contribution is -2.14. The van der Waals surface area contributed by atoms with Crippen molar-refractivity contribution in [3.8, 4) is 0 Å². The number of aromatic nitrogens is 1. The molecule has 4 nitrogen and oxygen atoms in total. The summed E-state index contributed by atoms with van der Waals surface area (Å²) in [5.41, 5.74) is 1.74. The van der Waals surface area contributed by atoms with Crippen molar-refractivity contribution in [2.75, 3.05) is 11.1 Å². The van der Waals surface area contributed by atoms with E-state index in [9.17, 15) is 4.79 Å². The van der Waals surface area contributed by atoms with E-state index in [2.05, 4.69) is 10.3 Å². The van der Waals surface area contributed by atoms with Crippen molar-refractivity contribution in [2.45, 2.75) is 5.22 Å². The highest BCUT2D eigenvalue weighted by atomic mass is 35.5. The number of anilines is 1. The molecule has 0 fully saturated rings. The fourth-order valence-electron chi connectivity index (χ4n) is 1.86. The molecule has 0 saturated carbocycles. The topological polar surface area (TPSA) is 55.1 Å². The Bertz CT molecular complexity index is 882. The highest BCUT2D eigenvalue weighted by Crippen LogP contribution is 2.30. The Kier molecular flexibility index (Phi) is 5.02. The van der Waals surface area contributed by atoms with Crippen LogP contribution in [0.5, 0.6) is 0 Å². The molecule has 3 rings (SSSR count). The summed E-state index contributed by atoms with van der Waals surface area (Å²) < 4.78 is 5.53. The van der Waals surface area contributed by atoms with Crippen LogP contribution in [0.3, 0.4) is 0 Å². The highest BCUT2D eigenvalue weighted by molar-refractivity contribution is 7.99. The minimum Gasteiger partial charge on any atom is -0.431 e. The van der Waals surface area contributed by atoms with Crippen LogP contribution in [0.25, 0.3) is 11.1 Å². The first-order valence-electron chi connectivity index (χ1n) is 6.45. The van der Waals surface area contributed by atoms with E-state index < -0.39 is 0 Å². The third-order valence-electron chi connectivity index (χ3n) is 2.88. The molecule has 3 aromatic rings. The number of carbonyl (C=O) groups is 1. The molecule has 0 aliphatic rings. The summed E-state index contributed by atoms with van der Waals surface area (Å²) in [7, 11) is 0. The van der Waals surface area contributed by atoms with Crippen LogP contribution in [0.2, 0.25) is 15.1 Å². The van der Waals surface area contributed by atoms with Crippen molar-refractivity contribution >= 4 is 69.3 Å². The first-order valence-corrected chi connectivity index (χ1v) is 8.57. The van der Waals surface area contributed by atoms with Crippen LogP contribution in [0.1, 0.15) is 0 Å². The van der Waals surface area contributed by atoms with Crippen molar-refractivity contribution in [1.82, 2.24) is 4.98 Å². The van der Waals surface area contributed by atoms with E-state index in [1.807, 2.05) is 0 Å². The average molecular weight is 388 g/mol. The third-order valence-corrected chi connectivity index (χ3v) is 4.76. The van der Waals surface area contributed by atoms with Gasteiger partial charge in [-0.05, 0) is 30.3 Å². The van der Waals surface area contributed by atoms with Gasteiger partial charge in [0.1, 0.15) is 5.52 Å². The molecule has 0 radical (unpaired) electrons. The summed E-state index contributed by atoms with van der Waals surface area (Å²) in [6.45, 7) is 0. The van der Waals surface area contributed by atoms with E-state index >= 15 is 0 Å². The molecule has 0 unspecified atom stereocenters. The third kappa shape index (κ3) is 3.93. The molecule has 0 bridgehead atoms. The van der Waals surface area contributed by atoms with Gasteiger partial charge in [0.2, 0.25) is 5.91 Å². The van der Waals surface area contributed by atoms with Gasteiger partial charge < -0.3 is 9.73 Å². The molecular weight excluding hydrogens is 379 g/mol. The lowest BCUT2D eigenvalue weighted by molar-refractivity contribution is -0.113. The second-order valence-corrected chi connectivity index (χ2v) is 6.68. The quantitative estimate of drug-likeness (QED) is 0.599. The second-order valence-electron chi connectivity index (χ2n) is 4.53. The summed E-state index contributed by atoms with van der Waals surface area (Å²) >= 11 is 19.0. The maximum absolute atomic E-state index is 12.0. The van der Waals surface area contributed by atoms with Crippen molar-refractivity contribution in [2.24, 2.45) is 0 Å². The van der Waals surface area contributed by atoms with Crippen LogP contribution in [0, 0.1) is 0 Å². The molecule has 1 heterocycles. The first-order chi connectivity index (χ1) is 11.0. The summed E-state index contributed by atoms with van der Waals surface area (Å²) in [6.07, 6.45) is 0. The zero-order valence-electron chi connectivity index (χ0n) is 11.5. The fraction of sp³-hybridized carbons (Fsp3) is 0.0667. The standard InChI is InChI=1S/C15H9Cl3N2O2S/c16-8-4-5-12-11(6-8)20-15(22-12)23-7-13(21)19-10-3-1-2-9(17)14(10)18/h1-6H,7H2,(H,19,21). The predicted molar refractivity (Wildman–Crippen MR) is 94.8 cm³/mol. The molecule has 0 spiro atoms. The van der Waals surface area contributed by atoms with Crippen LogP contribution >= 0.6 is 46.6 Å². The lowest BCUT2D eigenvalue weighted by atomic mass is 10.3. The number of halogens is 3. The number of benzene rings is 2. The lowest BCUT2D eigenvalue weighted by Gasteiger charge is -2.07. The zero-order valence-corrected chi connectivity index (χ0v) is 14.6. The molecule has 23 heavy (non-hydrogen) atoms. The van der Waals surface area contributed by atoms with Crippen LogP contribution in [0.15, 0.2) is 46.0 Å². The van der Waals surface area contributed by atoms with E-state index in [4.69, 9.17) is 39.2 Å². The monoisotopic (exact) mass is 386 g/mol. The van der Waals surface area contributed by atoms with Crippen LogP contribution in [-0.2, 0) is 4.79 Å². The summed E-state index contributed by atoms with van der Waals surface area (Å²) in [5.74, 6) is -0.108. The minimum atomic E-state index is -0.237. The van der Waals surface area contributed by atoms with Gasteiger partial charge in [-0.25, -0.2) is 4.98 Å². The normalized spacial score (nSPS) is 10.9. The number of oxazole rings is 1. The molecule has 0 atom stereocenters. The summed E-state index contributed by atoms with van der Waals surface area (Å²) in [4.78, 5) is 16.3. The SMILES string of the molecule is O=C(CSc1nc2cc(Cl)ccc2o1)Nc1cccc(Cl)c1Cl. The van der Waals surface area contributed by atoms with E-state index in [0.717, 1.165) is 0 Å². The number of fused-ring (bicyclic) bond motifs is 1. The van der Waals surface area contributed by atoms with Gasteiger partial charge in [0.15, 0.2) is 5.58 Å². The summed E-state index contributed by atoms with van der Waals surface area (Å²) in [6, 6.07) is 10.2. The largest absolute Gasteiger partial charge is 0.431 e. The number of thioether (sulfide) groups is 1. The van der Waals surface area contributed by atoms with Crippen molar-refractivity contribution < 1.29 is 9.21 Å². The van der Waals surface area contributed by atoms with Gasteiger partial charge in [0.25, 0.3) is 5.22 Å². The van der Waals surface area contributed by atoms with Gasteiger partial charge in [-0.1, -0.05) is 52.6 Å². The molecular formula is C15H9Cl3N2O2S. The van der Waals surface area contributed by atoms with Crippen LogP contribution < -0.4 is 5.32 Å². The van der Waals surface area contributed by atoms with Crippen molar-refractivity contribution in [3.63, 3.8) is 0 Å². The Hall–Kier alpha value is -1.40. The van der Waals surface area contributed by atoms with E-state index in [1.54, 1.807) is 36.4 Å². The number of rotatable bonds is 4. The van der Waals surface area contributed by atoms with Gasteiger partial charge in [-0.15, -0.1) is 0 Å². The predicted octanol–water partition coefficient (Wildman–Crippen LogP) is 5.52. The molecule has 1 amide bonds. The zero-order chi connectivity index (χ0) is 16.4. The molecule has 1 aromatic heterocycles. The smallest absolute Gasteiger partial charge is 0.257 e. The molecule has 0 aliphatic heterocycles. The van der Waals surface area contributed by atoms with E-state index in [-0.39, 0.29) is 11.7 Å². The molecule has 118 valence electrons. The maximum atomic E-state index is 12.0. The van der Waals surface area contributed by atoms with Crippen LogP contribution in [0.4, 0.5) is 5.69 Å².